The first-order chi connectivity index (χ1) is 7.35. The molecular weight excluding hydrogens is 186 g/mol. The quantitative estimate of drug-likeness (QED) is 0.741. The molecular formula is C12H11N3. The van der Waals surface area contributed by atoms with Crippen LogP contribution in [0.1, 0.15) is 18.1 Å². The Morgan fingerprint density at radius 2 is 2.20 bits per heavy atom. The van der Waals surface area contributed by atoms with Gasteiger partial charge in [-0.25, -0.2) is 4.68 Å². The third-order valence-electron chi connectivity index (χ3n) is 2.32. The molecule has 1 aromatic carbocycles. The van der Waals surface area contributed by atoms with Crippen molar-refractivity contribution in [3.63, 3.8) is 0 Å². The lowest BCUT2D eigenvalue weighted by atomic mass is 10.2. The lowest BCUT2D eigenvalue weighted by molar-refractivity contribution is 0.876. The van der Waals surface area contributed by atoms with Gasteiger partial charge >= 0.3 is 0 Å². The Labute approximate surface area is 88.6 Å². The van der Waals surface area contributed by atoms with Gasteiger partial charge in [0, 0.05) is 6.20 Å². The Hall–Kier alpha value is -2.08. The van der Waals surface area contributed by atoms with Crippen LogP contribution in [0.15, 0.2) is 36.7 Å². The molecule has 0 N–H and O–H groups in total. The molecule has 1 heterocycles. The van der Waals surface area contributed by atoms with Crippen LogP contribution in [0.5, 0.6) is 0 Å². The largest absolute Gasteiger partial charge is 0.239 e. The van der Waals surface area contributed by atoms with Crippen molar-refractivity contribution in [2.45, 2.75) is 13.3 Å². The Balaban J connectivity index is 2.49. The summed E-state index contributed by atoms with van der Waals surface area (Å²) in [5, 5.41) is 13.2. The first kappa shape index (κ1) is 9.47. The predicted molar refractivity (Wildman–Crippen MR) is 57.7 cm³/mol. The SMILES string of the molecule is CCc1cnn(-c2ccccc2C#N)c1. The Morgan fingerprint density at radius 3 is 2.87 bits per heavy atom. The third kappa shape index (κ3) is 1.75. The fraction of sp³-hybridized carbons (Fsp3) is 0.167. The normalized spacial score (nSPS) is 9.87. The van der Waals surface area contributed by atoms with Crippen LogP contribution < -0.4 is 0 Å². The number of nitrogens with zero attached hydrogens (tertiary/aromatic N) is 3. The highest BCUT2D eigenvalue weighted by atomic mass is 15.3. The summed E-state index contributed by atoms with van der Waals surface area (Å²) in [6.07, 6.45) is 4.74. The van der Waals surface area contributed by atoms with Gasteiger partial charge in [-0.05, 0) is 24.1 Å². The maximum absolute atomic E-state index is 8.95. The maximum atomic E-state index is 8.95. The topological polar surface area (TPSA) is 41.6 Å². The molecule has 2 rings (SSSR count). The van der Waals surface area contributed by atoms with Crippen LogP contribution in [0.25, 0.3) is 5.69 Å². The van der Waals surface area contributed by atoms with E-state index in [1.54, 1.807) is 10.7 Å². The molecule has 15 heavy (non-hydrogen) atoms. The number of aromatic nitrogens is 2. The van der Waals surface area contributed by atoms with Gasteiger partial charge in [0.2, 0.25) is 0 Å². The van der Waals surface area contributed by atoms with E-state index in [4.69, 9.17) is 5.26 Å². The lowest BCUT2D eigenvalue weighted by Crippen LogP contribution is -1.97. The van der Waals surface area contributed by atoms with Gasteiger partial charge in [0.25, 0.3) is 0 Å². The van der Waals surface area contributed by atoms with Crippen molar-refractivity contribution in [2.24, 2.45) is 0 Å². The lowest BCUT2D eigenvalue weighted by Gasteiger charge is -2.02. The maximum Gasteiger partial charge on any atom is 0.101 e. The molecule has 0 unspecified atom stereocenters. The smallest absolute Gasteiger partial charge is 0.101 e. The van der Waals surface area contributed by atoms with E-state index in [1.165, 1.54) is 5.56 Å². The van der Waals surface area contributed by atoms with E-state index in [1.807, 2.05) is 30.6 Å². The van der Waals surface area contributed by atoms with Gasteiger partial charge in [-0.3, -0.25) is 0 Å². The van der Waals surface area contributed by atoms with Crippen molar-refractivity contribution in [1.82, 2.24) is 9.78 Å². The molecule has 0 aliphatic rings. The summed E-state index contributed by atoms with van der Waals surface area (Å²) in [7, 11) is 0. The molecule has 0 aliphatic heterocycles. The van der Waals surface area contributed by atoms with Gasteiger partial charge in [-0.15, -0.1) is 0 Å². The first-order valence-corrected chi connectivity index (χ1v) is 4.88. The molecule has 0 saturated heterocycles. The number of aryl methyl sites for hydroxylation is 1. The minimum Gasteiger partial charge on any atom is -0.239 e. The van der Waals surface area contributed by atoms with E-state index in [0.29, 0.717) is 5.56 Å². The summed E-state index contributed by atoms with van der Waals surface area (Å²) >= 11 is 0. The molecule has 0 fully saturated rings. The fourth-order valence-corrected chi connectivity index (χ4v) is 1.44. The van der Waals surface area contributed by atoms with Gasteiger partial charge in [-0.2, -0.15) is 10.4 Å². The van der Waals surface area contributed by atoms with Gasteiger partial charge in [-0.1, -0.05) is 19.1 Å². The molecule has 0 bridgehead atoms. The second kappa shape index (κ2) is 3.97. The average Bonchev–Trinajstić information content (AvgIpc) is 2.77. The number of hydrogen-bond donors (Lipinski definition) is 0. The molecule has 0 saturated carbocycles. The van der Waals surface area contributed by atoms with E-state index in [9.17, 15) is 0 Å². The Morgan fingerprint density at radius 1 is 1.40 bits per heavy atom. The molecule has 0 radical (unpaired) electrons. The Bertz CT molecular complexity index is 506. The summed E-state index contributed by atoms with van der Waals surface area (Å²) in [6.45, 7) is 2.08. The number of nitriles is 1. The van der Waals surface area contributed by atoms with E-state index in [2.05, 4.69) is 18.1 Å². The minimum atomic E-state index is 0.642. The number of benzene rings is 1. The van der Waals surface area contributed by atoms with Crippen LogP contribution in [0, 0.1) is 11.3 Å². The zero-order valence-corrected chi connectivity index (χ0v) is 8.51. The van der Waals surface area contributed by atoms with Crippen LogP contribution in [0.4, 0.5) is 0 Å². The van der Waals surface area contributed by atoms with Crippen LogP contribution in [-0.2, 0) is 6.42 Å². The highest BCUT2D eigenvalue weighted by Crippen LogP contribution is 2.13. The highest BCUT2D eigenvalue weighted by Gasteiger charge is 2.04. The summed E-state index contributed by atoms with van der Waals surface area (Å²) in [4.78, 5) is 0. The molecule has 3 heteroatoms. The molecule has 1 aromatic heterocycles. The van der Waals surface area contributed by atoms with Gasteiger partial charge in [0.1, 0.15) is 6.07 Å². The fourth-order valence-electron chi connectivity index (χ4n) is 1.44. The van der Waals surface area contributed by atoms with Crippen molar-refractivity contribution in [3.8, 4) is 11.8 Å². The van der Waals surface area contributed by atoms with Crippen molar-refractivity contribution >= 4 is 0 Å². The summed E-state index contributed by atoms with van der Waals surface area (Å²) in [5.74, 6) is 0. The van der Waals surface area contributed by atoms with E-state index < -0.39 is 0 Å². The van der Waals surface area contributed by atoms with E-state index in [0.717, 1.165) is 12.1 Å². The van der Waals surface area contributed by atoms with Gasteiger partial charge in [0.05, 0.1) is 17.4 Å². The van der Waals surface area contributed by atoms with Crippen molar-refractivity contribution < 1.29 is 0 Å². The van der Waals surface area contributed by atoms with Crippen LogP contribution >= 0.6 is 0 Å². The van der Waals surface area contributed by atoms with E-state index >= 15 is 0 Å². The molecule has 0 amide bonds. The number of hydrogen-bond acceptors (Lipinski definition) is 2. The highest BCUT2D eigenvalue weighted by molar-refractivity contribution is 5.48. The predicted octanol–water partition coefficient (Wildman–Crippen LogP) is 2.31. The monoisotopic (exact) mass is 197 g/mol. The number of para-hydroxylation sites is 1. The van der Waals surface area contributed by atoms with Crippen LogP contribution in [0.2, 0.25) is 0 Å². The molecule has 74 valence electrons. The zero-order valence-electron chi connectivity index (χ0n) is 8.51. The van der Waals surface area contributed by atoms with Crippen LogP contribution in [0.3, 0.4) is 0 Å². The van der Waals surface area contributed by atoms with E-state index in [-0.39, 0.29) is 0 Å². The third-order valence-corrected chi connectivity index (χ3v) is 2.32. The summed E-state index contributed by atoms with van der Waals surface area (Å²) in [6, 6.07) is 9.61. The van der Waals surface area contributed by atoms with Crippen molar-refractivity contribution in [1.29, 1.82) is 5.26 Å². The minimum absolute atomic E-state index is 0.642. The molecule has 0 aliphatic carbocycles. The molecule has 2 aromatic rings. The summed E-state index contributed by atoms with van der Waals surface area (Å²) in [5.41, 5.74) is 2.64. The summed E-state index contributed by atoms with van der Waals surface area (Å²) < 4.78 is 1.75. The second-order valence-corrected chi connectivity index (χ2v) is 3.28. The van der Waals surface area contributed by atoms with Crippen molar-refractivity contribution in [2.75, 3.05) is 0 Å². The Kier molecular flexibility index (Phi) is 2.51. The standard InChI is InChI=1S/C12H11N3/c1-2-10-8-14-15(9-10)12-6-4-3-5-11(12)7-13/h3-6,8-9H,2H2,1H3. The molecule has 0 spiro atoms. The van der Waals surface area contributed by atoms with Gasteiger partial charge in [0.15, 0.2) is 0 Å². The second-order valence-electron chi connectivity index (χ2n) is 3.28. The number of rotatable bonds is 2. The molecule has 0 atom stereocenters. The zero-order chi connectivity index (χ0) is 10.7. The average molecular weight is 197 g/mol. The van der Waals surface area contributed by atoms with Crippen LogP contribution in [-0.4, -0.2) is 9.78 Å². The molecule has 3 nitrogen and oxygen atoms in total. The van der Waals surface area contributed by atoms with Gasteiger partial charge < -0.3 is 0 Å². The van der Waals surface area contributed by atoms with Crippen molar-refractivity contribution in [3.05, 3.63) is 47.8 Å². The first-order valence-electron chi connectivity index (χ1n) is 4.88.